The fraction of sp³-hybridized carbons (Fsp3) is 0.350. The van der Waals surface area contributed by atoms with E-state index < -0.39 is 28.2 Å². The molecule has 0 radical (unpaired) electrons. The lowest BCUT2D eigenvalue weighted by Crippen LogP contribution is -2.45. The minimum Gasteiger partial charge on any atom is -0.351 e. The van der Waals surface area contributed by atoms with Crippen molar-refractivity contribution in [3.05, 3.63) is 73.6 Å². The number of nitrogens with one attached hydrogen (secondary N) is 1. The first kappa shape index (κ1) is 20.7. The molecule has 2 aromatic rings. The molecule has 1 atom stereocenters. The van der Waals surface area contributed by atoms with Crippen molar-refractivity contribution in [2.24, 2.45) is 0 Å². The van der Waals surface area contributed by atoms with Gasteiger partial charge in [-0.15, -0.1) is 0 Å². The lowest BCUT2D eigenvalue weighted by atomic mass is 9.94. The third-order valence-corrected chi connectivity index (χ3v) is 5.19. The predicted octanol–water partition coefficient (Wildman–Crippen LogP) is 3.28. The molecule has 1 aliphatic rings. The molecule has 1 aliphatic carbocycles. The Bertz CT molecular complexity index is 998. The number of ketones is 1. The molecule has 1 amide bonds. The summed E-state index contributed by atoms with van der Waals surface area (Å²) in [6, 6.07) is 6.04. The Morgan fingerprint density at radius 2 is 1.90 bits per heavy atom. The van der Waals surface area contributed by atoms with E-state index >= 15 is 0 Å². The van der Waals surface area contributed by atoms with Gasteiger partial charge in [-0.05, 0) is 18.9 Å². The van der Waals surface area contributed by atoms with Crippen LogP contribution in [0.2, 0.25) is 5.02 Å². The zero-order chi connectivity index (χ0) is 21.0. The number of carbonyl (C=O) groups excluding carboxylic acids is 2. The zero-order valence-electron chi connectivity index (χ0n) is 15.5. The van der Waals surface area contributed by atoms with Crippen LogP contribution in [0.4, 0.5) is 5.69 Å². The van der Waals surface area contributed by atoms with Crippen LogP contribution in [0, 0.1) is 10.1 Å². The second-order valence-electron chi connectivity index (χ2n) is 7.01. The maximum atomic E-state index is 13.2. The molecule has 3 rings (SSSR count). The molecular formula is C20H20ClN3O5. The molecule has 0 unspecified atom stereocenters. The van der Waals surface area contributed by atoms with Crippen LogP contribution in [-0.4, -0.2) is 27.2 Å². The highest BCUT2D eigenvalue weighted by Gasteiger charge is 2.32. The number of amides is 1. The molecule has 29 heavy (non-hydrogen) atoms. The lowest BCUT2D eigenvalue weighted by Gasteiger charge is -2.26. The fourth-order valence-corrected chi connectivity index (χ4v) is 3.68. The molecule has 152 valence electrons. The van der Waals surface area contributed by atoms with Crippen LogP contribution < -0.4 is 10.9 Å². The minimum atomic E-state index is -1.51. The van der Waals surface area contributed by atoms with Gasteiger partial charge < -0.3 is 5.32 Å². The van der Waals surface area contributed by atoms with Gasteiger partial charge in [-0.25, -0.2) is 0 Å². The number of Topliss-reactive ketones (excluding diaryl/α,β-unsaturated/α-hetero) is 1. The largest absolute Gasteiger partial charge is 0.351 e. The molecule has 1 fully saturated rings. The number of benzene rings is 1. The highest BCUT2D eigenvalue weighted by atomic mass is 35.5. The third kappa shape index (κ3) is 4.89. The average Bonchev–Trinajstić information content (AvgIpc) is 2.71. The topological polar surface area (TPSA) is 111 Å². The normalized spacial score (nSPS) is 15.5. The number of rotatable bonds is 6. The maximum Gasteiger partial charge on any atom is 0.270 e. The van der Waals surface area contributed by atoms with Gasteiger partial charge in [-0.3, -0.25) is 29.1 Å². The average molecular weight is 418 g/mol. The van der Waals surface area contributed by atoms with Crippen molar-refractivity contribution in [2.75, 3.05) is 0 Å². The van der Waals surface area contributed by atoms with E-state index in [9.17, 15) is 24.5 Å². The van der Waals surface area contributed by atoms with Crippen molar-refractivity contribution >= 4 is 29.0 Å². The second kappa shape index (κ2) is 9.00. The lowest BCUT2D eigenvalue weighted by molar-refractivity contribution is -0.384. The van der Waals surface area contributed by atoms with E-state index in [1.807, 2.05) is 0 Å². The monoisotopic (exact) mass is 417 g/mol. The number of halogens is 1. The Hall–Kier alpha value is -3.00. The molecule has 1 aromatic carbocycles. The van der Waals surface area contributed by atoms with Gasteiger partial charge in [0.05, 0.1) is 9.95 Å². The summed E-state index contributed by atoms with van der Waals surface area (Å²) in [4.78, 5) is 49.0. The molecular weight excluding hydrogens is 398 g/mol. The molecule has 0 aliphatic heterocycles. The number of nitro benzene ring substituents is 1. The molecule has 1 aromatic heterocycles. The number of hydrogen-bond donors (Lipinski definition) is 1. The van der Waals surface area contributed by atoms with Crippen LogP contribution in [0.3, 0.4) is 0 Å². The van der Waals surface area contributed by atoms with Crippen LogP contribution in [0.5, 0.6) is 0 Å². The standard InChI is InChI=1S/C20H20ClN3O5/c21-14-9-10-17(25)23(12-14)18(20(27)22-15-6-2-1-3-7-15)19(26)13-5-4-8-16(11-13)24(28)29/h4-5,8-12,15,18H,1-3,6-7H2,(H,22,27)/t18-/m0/s1. The molecule has 9 heteroatoms. The summed E-state index contributed by atoms with van der Waals surface area (Å²) in [5.41, 5.74) is -0.882. The summed E-state index contributed by atoms with van der Waals surface area (Å²) in [7, 11) is 0. The van der Waals surface area contributed by atoms with E-state index in [4.69, 9.17) is 11.6 Å². The predicted molar refractivity (Wildman–Crippen MR) is 107 cm³/mol. The second-order valence-corrected chi connectivity index (χ2v) is 7.45. The number of nitro groups is 1. The van der Waals surface area contributed by atoms with Gasteiger partial charge in [0.25, 0.3) is 17.2 Å². The number of nitrogens with zero attached hydrogens (tertiary/aromatic N) is 2. The number of non-ortho nitro benzene ring substituents is 1. The summed E-state index contributed by atoms with van der Waals surface area (Å²) in [5, 5.41) is 14.1. The minimum absolute atomic E-state index is 0.0325. The van der Waals surface area contributed by atoms with E-state index in [-0.39, 0.29) is 22.3 Å². The Labute approximate surface area is 171 Å². The van der Waals surface area contributed by atoms with Gasteiger partial charge >= 0.3 is 0 Å². The van der Waals surface area contributed by atoms with Crippen LogP contribution in [0.1, 0.15) is 48.5 Å². The van der Waals surface area contributed by atoms with Gasteiger partial charge in [0, 0.05) is 36.0 Å². The van der Waals surface area contributed by atoms with Crippen molar-refractivity contribution in [3.63, 3.8) is 0 Å². The Morgan fingerprint density at radius 3 is 2.59 bits per heavy atom. The Balaban J connectivity index is 2.00. The molecule has 1 heterocycles. The SMILES string of the molecule is O=C(NC1CCCCC1)[C@H](C(=O)c1cccc([N+](=O)[O-])c1)n1cc(Cl)ccc1=O. The summed E-state index contributed by atoms with van der Waals surface area (Å²) in [6.45, 7) is 0. The van der Waals surface area contributed by atoms with Crippen LogP contribution in [-0.2, 0) is 4.79 Å². The number of aromatic nitrogens is 1. The molecule has 1 saturated carbocycles. The van der Waals surface area contributed by atoms with Crippen molar-refractivity contribution in [2.45, 2.75) is 44.2 Å². The maximum absolute atomic E-state index is 13.2. The van der Waals surface area contributed by atoms with E-state index in [0.29, 0.717) is 0 Å². The molecule has 1 N–H and O–H groups in total. The molecule has 0 saturated heterocycles. The van der Waals surface area contributed by atoms with E-state index in [2.05, 4.69) is 5.32 Å². The zero-order valence-corrected chi connectivity index (χ0v) is 16.3. The van der Waals surface area contributed by atoms with Crippen LogP contribution in [0.25, 0.3) is 0 Å². The summed E-state index contributed by atoms with van der Waals surface area (Å²) >= 11 is 5.98. The van der Waals surface area contributed by atoms with Crippen LogP contribution in [0.15, 0.2) is 47.4 Å². The third-order valence-electron chi connectivity index (χ3n) is 4.97. The summed E-state index contributed by atoms with van der Waals surface area (Å²) < 4.78 is 0.974. The molecule has 0 bridgehead atoms. The van der Waals surface area contributed by atoms with Crippen molar-refractivity contribution in [1.29, 1.82) is 0 Å². The first-order valence-corrected chi connectivity index (χ1v) is 9.71. The highest BCUT2D eigenvalue weighted by molar-refractivity contribution is 6.30. The number of hydrogen-bond acceptors (Lipinski definition) is 5. The van der Waals surface area contributed by atoms with Gasteiger partial charge in [-0.1, -0.05) is 43.0 Å². The van der Waals surface area contributed by atoms with Crippen molar-refractivity contribution < 1.29 is 14.5 Å². The molecule has 8 nitrogen and oxygen atoms in total. The van der Waals surface area contributed by atoms with Crippen molar-refractivity contribution in [1.82, 2.24) is 9.88 Å². The van der Waals surface area contributed by atoms with E-state index in [0.717, 1.165) is 42.7 Å². The first-order chi connectivity index (χ1) is 13.9. The summed E-state index contributed by atoms with van der Waals surface area (Å²) in [6.07, 6.45) is 5.87. The van der Waals surface area contributed by atoms with Crippen LogP contribution >= 0.6 is 11.6 Å². The smallest absolute Gasteiger partial charge is 0.270 e. The van der Waals surface area contributed by atoms with Gasteiger partial charge in [0.2, 0.25) is 0 Å². The highest BCUT2D eigenvalue weighted by Crippen LogP contribution is 2.22. The van der Waals surface area contributed by atoms with Gasteiger partial charge in [0.1, 0.15) is 0 Å². The van der Waals surface area contributed by atoms with E-state index in [1.54, 1.807) is 0 Å². The van der Waals surface area contributed by atoms with E-state index in [1.165, 1.54) is 36.5 Å². The quantitative estimate of drug-likeness (QED) is 0.335. The number of carbonyl (C=O) groups is 2. The summed E-state index contributed by atoms with van der Waals surface area (Å²) in [5.74, 6) is -1.34. The van der Waals surface area contributed by atoms with Gasteiger partial charge in [0.15, 0.2) is 11.8 Å². The number of pyridine rings is 1. The first-order valence-electron chi connectivity index (χ1n) is 9.33. The van der Waals surface area contributed by atoms with Gasteiger partial charge in [-0.2, -0.15) is 0 Å². The molecule has 0 spiro atoms. The Morgan fingerprint density at radius 1 is 1.17 bits per heavy atom. The van der Waals surface area contributed by atoms with Crippen molar-refractivity contribution in [3.8, 4) is 0 Å². The Kier molecular flexibility index (Phi) is 6.43. The fourth-order valence-electron chi connectivity index (χ4n) is 3.51.